The molecular weight excluding hydrogens is 416 g/mol. The number of halogens is 1. The SMILES string of the molecule is CCN(CC)S(=O)(=O)c1cc(C(=O)OCC(=O)Nc2ccc(C)cc2)ccc1Cl. The minimum absolute atomic E-state index is 0.00515. The molecule has 0 bridgehead atoms. The maximum absolute atomic E-state index is 12.7. The molecule has 1 amide bonds. The molecule has 29 heavy (non-hydrogen) atoms. The molecule has 2 aromatic rings. The number of nitrogens with one attached hydrogen (secondary N) is 1. The van der Waals surface area contributed by atoms with Crippen LogP contribution in [0, 0.1) is 6.92 Å². The van der Waals surface area contributed by atoms with Crippen LogP contribution in [-0.4, -0.2) is 44.3 Å². The molecule has 0 saturated heterocycles. The van der Waals surface area contributed by atoms with Crippen LogP contribution in [0.25, 0.3) is 0 Å². The predicted octanol–water partition coefficient (Wildman–Crippen LogP) is 3.47. The quantitative estimate of drug-likeness (QED) is 0.637. The predicted molar refractivity (Wildman–Crippen MR) is 112 cm³/mol. The van der Waals surface area contributed by atoms with E-state index in [1.807, 2.05) is 19.1 Å². The Morgan fingerprint density at radius 2 is 1.69 bits per heavy atom. The number of nitrogens with zero attached hydrogens (tertiary/aromatic N) is 1. The smallest absolute Gasteiger partial charge is 0.338 e. The van der Waals surface area contributed by atoms with E-state index in [4.69, 9.17) is 16.3 Å². The molecule has 2 aromatic carbocycles. The van der Waals surface area contributed by atoms with Gasteiger partial charge in [-0.1, -0.05) is 43.1 Å². The molecule has 0 radical (unpaired) electrons. The number of carbonyl (C=O) groups excluding carboxylic acids is 2. The Bertz CT molecular complexity index is 986. The van der Waals surface area contributed by atoms with Crippen LogP contribution in [0.3, 0.4) is 0 Å². The number of amides is 1. The minimum atomic E-state index is -3.85. The van der Waals surface area contributed by atoms with Crippen molar-refractivity contribution >= 4 is 39.2 Å². The van der Waals surface area contributed by atoms with Crippen molar-refractivity contribution in [3.63, 3.8) is 0 Å². The second kappa shape index (κ2) is 9.87. The van der Waals surface area contributed by atoms with Crippen LogP contribution in [0.5, 0.6) is 0 Å². The number of benzene rings is 2. The number of ether oxygens (including phenoxy) is 1. The molecular formula is C20H23ClN2O5S. The number of anilines is 1. The molecule has 0 saturated carbocycles. The van der Waals surface area contributed by atoms with Gasteiger partial charge in [0.15, 0.2) is 6.61 Å². The largest absolute Gasteiger partial charge is 0.452 e. The molecule has 0 aliphatic heterocycles. The second-order valence-corrected chi connectivity index (χ2v) is 8.54. The summed E-state index contributed by atoms with van der Waals surface area (Å²) in [7, 11) is -3.85. The summed E-state index contributed by atoms with van der Waals surface area (Å²) in [4.78, 5) is 24.1. The van der Waals surface area contributed by atoms with Crippen molar-refractivity contribution in [2.24, 2.45) is 0 Å². The maximum atomic E-state index is 12.7. The van der Waals surface area contributed by atoms with E-state index < -0.39 is 28.5 Å². The fraction of sp³-hybridized carbons (Fsp3) is 0.300. The Kier molecular flexibility index (Phi) is 7.78. The van der Waals surface area contributed by atoms with E-state index in [2.05, 4.69) is 5.32 Å². The highest BCUT2D eigenvalue weighted by Gasteiger charge is 2.26. The van der Waals surface area contributed by atoms with Crippen LogP contribution in [0.1, 0.15) is 29.8 Å². The molecule has 7 nitrogen and oxygen atoms in total. The van der Waals surface area contributed by atoms with Gasteiger partial charge in [-0.2, -0.15) is 4.31 Å². The van der Waals surface area contributed by atoms with Crippen molar-refractivity contribution in [2.75, 3.05) is 25.0 Å². The molecule has 9 heteroatoms. The van der Waals surface area contributed by atoms with Gasteiger partial charge in [0.2, 0.25) is 10.0 Å². The topological polar surface area (TPSA) is 92.8 Å². The molecule has 0 aromatic heterocycles. The normalized spacial score (nSPS) is 11.3. The number of hydrogen-bond acceptors (Lipinski definition) is 5. The van der Waals surface area contributed by atoms with Crippen LogP contribution in [-0.2, 0) is 19.6 Å². The second-order valence-electron chi connectivity index (χ2n) is 6.22. The van der Waals surface area contributed by atoms with Crippen molar-refractivity contribution in [2.45, 2.75) is 25.7 Å². The van der Waals surface area contributed by atoms with Crippen molar-refractivity contribution in [1.82, 2.24) is 4.31 Å². The highest BCUT2D eigenvalue weighted by molar-refractivity contribution is 7.89. The van der Waals surface area contributed by atoms with Crippen LogP contribution in [0.4, 0.5) is 5.69 Å². The lowest BCUT2D eigenvalue weighted by Gasteiger charge is -2.19. The summed E-state index contributed by atoms with van der Waals surface area (Å²) < 4.78 is 31.7. The van der Waals surface area contributed by atoms with Gasteiger partial charge < -0.3 is 10.1 Å². The molecule has 1 N–H and O–H groups in total. The summed E-state index contributed by atoms with van der Waals surface area (Å²) >= 11 is 6.05. The number of esters is 1. The van der Waals surface area contributed by atoms with E-state index in [0.717, 1.165) is 11.6 Å². The third kappa shape index (κ3) is 5.79. The van der Waals surface area contributed by atoms with Crippen molar-refractivity contribution in [3.8, 4) is 0 Å². The van der Waals surface area contributed by atoms with Crippen LogP contribution in [0.2, 0.25) is 5.02 Å². The number of carbonyl (C=O) groups is 2. The zero-order valence-corrected chi connectivity index (χ0v) is 18.0. The highest BCUT2D eigenvalue weighted by Crippen LogP contribution is 2.26. The first-order chi connectivity index (χ1) is 13.7. The first kappa shape index (κ1) is 22.9. The average molecular weight is 439 g/mol. The molecule has 2 rings (SSSR count). The van der Waals surface area contributed by atoms with Crippen molar-refractivity contribution < 1.29 is 22.7 Å². The molecule has 0 heterocycles. The summed E-state index contributed by atoms with van der Waals surface area (Å²) in [6.45, 7) is 5.37. The first-order valence-electron chi connectivity index (χ1n) is 9.02. The Hall–Kier alpha value is -2.42. The van der Waals surface area contributed by atoms with Gasteiger partial charge in [0.05, 0.1) is 10.6 Å². The third-order valence-electron chi connectivity index (χ3n) is 4.16. The molecule has 156 valence electrons. The van der Waals surface area contributed by atoms with E-state index in [9.17, 15) is 18.0 Å². The fourth-order valence-corrected chi connectivity index (χ4v) is 4.54. The van der Waals surface area contributed by atoms with Gasteiger partial charge in [0.1, 0.15) is 4.90 Å². The van der Waals surface area contributed by atoms with Gasteiger partial charge in [-0.05, 0) is 37.3 Å². The molecule has 0 spiro atoms. The van der Waals surface area contributed by atoms with Crippen molar-refractivity contribution in [1.29, 1.82) is 0 Å². The molecule has 0 unspecified atom stereocenters. The van der Waals surface area contributed by atoms with Crippen molar-refractivity contribution in [3.05, 3.63) is 58.6 Å². The average Bonchev–Trinajstić information content (AvgIpc) is 2.69. The Labute approximate surface area is 175 Å². The maximum Gasteiger partial charge on any atom is 0.338 e. The fourth-order valence-electron chi connectivity index (χ4n) is 2.58. The lowest BCUT2D eigenvalue weighted by atomic mass is 10.2. The van der Waals surface area contributed by atoms with Gasteiger partial charge in [0, 0.05) is 18.8 Å². The molecule has 0 aliphatic rings. The van der Waals surface area contributed by atoms with E-state index >= 15 is 0 Å². The summed E-state index contributed by atoms with van der Waals surface area (Å²) in [5, 5.41) is 2.62. The lowest BCUT2D eigenvalue weighted by molar-refractivity contribution is -0.119. The van der Waals surface area contributed by atoms with Gasteiger partial charge in [-0.15, -0.1) is 0 Å². The zero-order chi connectivity index (χ0) is 21.6. The van der Waals surface area contributed by atoms with E-state index in [1.165, 1.54) is 16.4 Å². The number of rotatable bonds is 8. The van der Waals surface area contributed by atoms with E-state index in [1.54, 1.807) is 26.0 Å². The first-order valence-corrected chi connectivity index (χ1v) is 10.8. The summed E-state index contributed by atoms with van der Waals surface area (Å²) in [6, 6.07) is 11.0. The summed E-state index contributed by atoms with van der Waals surface area (Å²) in [5.74, 6) is -1.33. The van der Waals surface area contributed by atoms with Gasteiger partial charge in [-0.3, -0.25) is 4.79 Å². The number of aryl methyl sites for hydroxylation is 1. The number of hydrogen-bond donors (Lipinski definition) is 1. The highest BCUT2D eigenvalue weighted by atomic mass is 35.5. The van der Waals surface area contributed by atoms with Crippen LogP contribution in [0.15, 0.2) is 47.4 Å². The molecule has 0 atom stereocenters. The third-order valence-corrected chi connectivity index (χ3v) is 6.69. The molecule has 0 fully saturated rings. The van der Waals surface area contributed by atoms with E-state index in [0.29, 0.717) is 5.69 Å². The van der Waals surface area contributed by atoms with Gasteiger partial charge in [0.25, 0.3) is 5.91 Å². The van der Waals surface area contributed by atoms with Gasteiger partial charge in [-0.25, -0.2) is 13.2 Å². The van der Waals surface area contributed by atoms with Crippen LogP contribution >= 0.6 is 11.6 Å². The summed E-state index contributed by atoms with van der Waals surface area (Å²) in [5.41, 5.74) is 1.62. The van der Waals surface area contributed by atoms with E-state index in [-0.39, 0.29) is 28.6 Å². The minimum Gasteiger partial charge on any atom is -0.452 e. The Morgan fingerprint density at radius 1 is 1.07 bits per heavy atom. The Morgan fingerprint density at radius 3 is 2.28 bits per heavy atom. The number of sulfonamides is 1. The Balaban J connectivity index is 2.09. The lowest BCUT2D eigenvalue weighted by Crippen LogP contribution is -2.31. The zero-order valence-electron chi connectivity index (χ0n) is 16.4. The molecule has 0 aliphatic carbocycles. The van der Waals surface area contributed by atoms with Crippen LogP contribution < -0.4 is 5.32 Å². The van der Waals surface area contributed by atoms with Gasteiger partial charge >= 0.3 is 5.97 Å². The summed E-state index contributed by atoms with van der Waals surface area (Å²) in [6.07, 6.45) is 0. The standard InChI is InChI=1S/C20H23ClN2O5S/c1-4-23(5-2)29(26,27)18-12-15(8-11-17(18)21)20(25)28-13-19(24)22-16-9-6-14(3)7-10-16/h6-12H,4-5,13H2,1-3H3,(H,22,24). The monoisotopic (exact) mass is 438 g/mol.